The van der Waals surface area contributed by atoms with Crippen molar-refractivity contribution >= 4 is 40.2 Å². The van der Waals surface area contributed by atoms with Crippen molar-refractivity contribution in [2.75, 3.05) is 0 Å². The number of rotatable bonds is 0. The fourth-order valence-electron chi connectivity index (χ4n) is 0. The van der Waals surface area contributed by atoms with Crippen molar-refractivity contribution in [2.45, 2.75) is 0 Å². The summed E-state index contributed by atoms with van der Waals surface area (Å²) in [6.07, 6.45) is 0. The largest absolute Gasteiger partial charge is 0.483 e. The molecule has 0 spiro atoms. The summed E-state index contributed by atoms with van der Waals surface area (Å²) in [5.74, 6) is 0. The predicted octanol–water partition coefficient (Wildman–Crippen LogP) is -0.979. The molecule has 0 aliphatic carbocycles. The smallest absolute Gasteiger partial charge is 0.290 e. The second kappa shape index (κ2) is 40.0. The summed E-state index contributed by atoms with van der Waals surface area (Å²) >= 11 is 0. The second-order valence-electron chi connectivity index (χ2n) is 0.211. The molecule has 0 aliphatic heterocycles. The SMILES string of the molecule is O=CO.O=CO.[Pb]. The van der Waals surface area contributed by atoms with Crippen LogP contribution >= 0.6 is 0 Å². The van der Waals surface area contributed by atoms with Crippen LogP contribution in [-0.4, -0.2) is 50.5 Å². The molecule has 4 nitrogen and oxygen atoms in total. The van der Waals surface area contributed by atoms with Crippen LogP contribution in [0.5, 0.6) is 0 Å². The molecule has 0 fully saturated rings. The number of hydrogen-bond donors (Lipinski definition) is 2. The van der Waals surface area contributed by atoms with Gasteiger partial charge >= 0.3 is 0 Å². The maximum Gasteiger partial charge on any atom is 0.290 e. The fraction of sp³-hybridized carbons (Fsp3) is 0. The van der Waals surface area contributed by atoms with Gasteiger partial charge in [-0.25, -0.2) is 0 Å². The molecule has 0 saturated carbocycles. The van der Waals surface area contributed by atoms with Gasteiger partial charge in [0.1, 0.15) is 0 Å². The fourth-order valence-corrected chi connectivity index (χ4v) is 0. The molecule has 5 heteroatoms. The van der Waals surface area contributed by atoms with E-state index in [1.54, 1.807) is 0 Å². The maximum atomic E-state index is 8.36. The zero-order chi connectivity index (χ0) is 5.41. The van der Waals surface area contributed by atoms with Crippen LogP contribution < -0.4 is 0 Å². The first-order valence-electron chi connectivity index (χ1n) is 0.988. The maximum absolute atomic E-state index is 8.36. The summed E-state index contributed by atoms with van der Waals surface area (Å²) in [5.41, 5.74) is 0. The molecule has 0 amide bonds. The Kier molecular flexibility index (Phi) is 90.3. The molecular formula is C2H4O4Pb. The first-order valence-corrected chi connectivity index (χ1v) is 0.988. The van der Waals surface area contributed by atoms with Crippen molar-refractivity contribution in [1.82, 2.24) is 0 Å². The minimum atomic E-state index is -0.250. The van der Waals surface area contributed by atoms with Crippen molar-refractivity contribution in [1.29, 1.82) is 0 Å². The van der Waals surface area contributed by atoms with Crippen LogP contribution in [0.15, 0.2) is 0 Å². The van der Waals surface area contributed by atoms with Gasteiger partial charge in [0.15, 0.2) is 0 Å². The average molecular weight is 299 g/mol. The van der Waals surface area contributed by atoms with Crippen LogP contribution in [-0.2, 0) is 9.59 Å². The van der Waals surface area contributed by atoms with Crippen molar-refractivity contribution < 1.29 is 19.8 Å². The molecule has 0 saturated heterocycles. The summed E-state index contributed by atoms with van der Waals surface area (Å²) in [6, 6.07) is 0. The first kappa shape index (κ1) is 15.8. The summed E-state index contributed by atoms with van der Waals surface area (Å²) in [7, 11) is 0. The van der Waals surface area contributed by atoms with Crippen molar-refractivity contribution in [3.05, 3.63) is 0 Å². The Hall–Kier alpha value is -0.138. The second-order valence-corrected chi connectivity index (χ2v) is 0.211. The molecule has 0 aliphatic rings. The molecule has 0 unspecified atom stereocenters. The minimum absolute atomic E-state index is 0. The van der Waals surface area contributed by atoms with E-state index in [1.165, 1.54) is 0 Å². The summed E-state index contributed by atoms with van der Waals surface area (Å²) < 4.78 is 0. The van der Waals surface area contributed by atoms with E-state index < -0.39 is 0 Å². The van der Waals surface area contributed by atoms with Crippen LogP contribution in [0.3, 0.4) is 0 Å². The van der Waals surface area contributed by atoms with E-state index in [-0.39, 0.29) is 40.2 Å². The van der Waals surface area contributed by atoms with E-state index in [0.717, 1.165) is 0 Å². The van der Waals surface area contributed by atoms with Crippen LogP contribution in [0.1, 0.15) is 0 Å². The average Bonchev–Trinajstić information content (AvgIpc) is 1.39. The zero-order valence-electron chi connectivity index (χ0n) is 3.37. The minimum Gasteiger partial charge on any atom is -0.483 e. The third-order valence-corrected chi connectivity index (χ3v) is 0. The normalized spacial score (nSPS) is 3.43. The Morgan fingerprint density at radius 3 is 1.00 bits per heavy atom. The van der Waals surface area contributed by atoms with Gasteiger partial charge in [0, 0.05) is 27.3 Å². The van der Waals surface area contributed by atoms with Crippen molar-refractivity contribution in [3.63, 3.8) is 0 Å². The molecule has 0 aromatic carbocycles. The van der Waals surface area contributed by atoms with Crippen LogP contribution in [0.25, 0.3) is 0 Å². The Bertz CT molecular complexity index is 30.7. The van der Waals surface area contributed by atoms with Gasteiger partial charge in [0.25, 0.3) is 12.9 Å². The number of hydrogen-bond acceptors (Lipinski definition) is 2. The van der Waals surface area contributed by atoms with Gasteiger partial charge in [-0.3, -0.25) is 9.59 Å². The molecule has 7 heavy (non-hydrogen) atoms. The topological polar surface area (TPSA) is 74.6 Å². The standard InChI is InChI=1S/2CH2O2.Pb/c2*2-1-3;/h2*1H,(H,2,3);. The number of carboxylic acid groups (broad SMARTS) is 2. The van der Waals surface area contributed by atoms with E-state index in [0.29, 0.717) is 0 Å². The van der Waals surface area contributed by atoms with E-state index >= 15 is 0 Å². The van der Waals surface area contributed by atoms with E-state index in [1.807, 2.05) is 0 Å². The summed E-state index contributed by atoms with van der Waals surface area (Å²) in [5, 5.41) is 13.8. The molecule has 0 aromatic rings. The predicted molar refractivity (Wildman–Crippen MR) is 23.1 cm³/mol. The Morgan fingerprint density at radius 2 is 1.00 bits per heavy atom. The van der Waals surface area contributed by atoms with Gasteiger partial charge in [-0.2, -0.15) is 0 Å². The van der Waals surface area contributed by atoms with Crippen LogP contribution in [0, 0.1) is 0 Å². The molecule has 0 rings (SSSR count). The van der Waals surface area contributed by atoms with E-state index in [2.05, 4.69) is 0 Å². The molecule has 0 bridgehead atoms. The van der Waals surface area contributed by atoms with Gasteiger partial charge < -0.3 is 10.2 Å². The van der Waals surface area contributed by atoms with Crippen LogP contribution in [0.4, 0.5) is 0 Å². The summed E-state index contributed by atoms with van der Waals surface area (Å²) in [4.78, 5) is 16.7. The van der Waals surface area contributed by atoms with E-state index in [4.69, 9.17) is 19.8 Å². The van der Waals surface area contributed by atoms with Gasteiger partial charge in [-0.15, -0.1) is 0 Å². The Morgan fingerprint density at radius 1 is 1.00 bits per heavy atom. The van der Waals surface area contributed by atoms with E-state index in [9.17, 15) is 0 Å². The molecule has 0 heterocycles. The van der Waals surface area contributed by atoms with Gasteiger partial charge in [-0.05, 0) is 0 Å². The Balaban J connectivity index is -0.0000000400. The molecule has 40 valence electrons. The quantitative estimate of drug-likeness (QED) is 0.445. The first-order chi connectivity index (χ1) is 2.83. The zero-order valence-corrected chi connectivity index (χ0v) is 7.25. The molecule has 4 radical (unpaired) electrons. The third kappa shape index (κ3) is 4600. The molecular weight excluding hydrogens is 295 g/mol. The van der Waals surface area contributed by atoms with Crippen molar-refractivity contribution in [3.8, 4) is 0 Å². The van der Waals surface area contributed by atoms with Gasteiger partial charge in [-0.1, -0.05) is 0 Å². The number of carbonyl (C=O) groups is 2. The van der Waals surface area contributed by atoms with Crippen LogP contribution in [0.2, 0.25) is 0 Å². The summed E-state index contributed by atoms with van der Waals surface area (Å²) in [6.45, 7) is -0.500. The molecule has 0 aromatic heterocycles. The van der Waals surface area contributed by atoms with Crippen molar-refractivity contribution in [2.24, 2.45) is 0 Å². The molecule has 2 N–H and O–H groups in total. The van der Waals surface area contributed by atoms with Gasteiger partial charge in [0.05, 0.1) is 0 Å². The van der Waals surface area contributed by atoms with Gasteiger partial charge in [0.2, 0.25) is 0 Å². The Labute approximate surface area is 60.3 Å². The molecule has 0 atom stereocenters. The third-order valence-electron chi connectivity index (χ3n) is 0. The monoisotopic (exact) mass is 300 g/mol.